The molecule has 1 aromatic carbocycles. The molecule has 4 rings (SSSR count). The molecule has 0 amide bonds. The third-order valence-electron chi connectivity index (χ3n) is 5.46. The van der Waals surface area contributed by atoms with Crippen LogP contribution in [-0.2, 0) is 11.2 Å². The number of nitrogens with two attached hydrogens (primary N) is 1. The van der Waals surface area contributed by atoms with Gasteiger partial charge in [0.25, 0.3) is 0 Å². The lowest BCUT2D eigenvalue weighted by Crippen LogP contribution is -2.40. The van der Waals surface area contributed by atoms with E-state index in [0.717, 1.165) is 22.9 Å². The van der Waals surface area contributed by atoms with Crippen LogP contribution in [0.25, 0.3) is 10.9 Å². The molecule has 1 heterocycles. The van der Waals surface area contributed by atoms with Gasteiger partial charge in [-0.15, -0.1) is 0 Å². The zero-order valence-electron chi connectivity index (χ0n) is 12.0. The molecule has 0 spiro atoms. The summed E-state index contributed by atoms with van der Waals surface area (Å²) in [6.07, 6.45) is 5.85. The number of aromatic nitrogens is 1. The maximum Gasteiger partial charge on any atom is 0.142 e. The molecule has 4 atom stereocenters. The highest BCUT2D eigenvalue weighted by Crippen LogP contribution is 2.48. The number of para-hydroxylation sites is 1. The molecule has 21 heavy (non-hydrogen) atoms. The van der Waals surface area contributed by atoms with Crippen molar-refractivity contribution in [3.8, 4) is 0 Å². The zero-order chi connectivity index (χ0) is 14.4. The summed E-state index contributed by atoms with van der Waals surface area (Å²) in [4.78, 5) is 17.1. The maximum absolute atomic E-state index is 12.8. The van der Waals surface area contributed by atoms with Crippen molar-refractivity contribution < 1.29 is 4.79 Å². The fourth-order valence-corrected chi connectivity index (χ4v) is 4.43. The highest BCUT2D eigenvalue weighted by molar-refractivity contribution is 5.90. The van der Waals surface area contributed by atoms with Gasteiger partial charge < -0.3 is 5.73 Å². The van der Waals surface area contributed by atoms with Crippen molar-refractivity contribution in [2.24, 2.45) is 23.5 Å². The number of benzene rings is 1. The van der Waals surface area contributed by atoms with Gasteiger partial charge in [0.1, 0.15) is 5.78 Å². The number of nitrogens with zero attached hydrogens (tertiary/aromatic N) is 1. The van der Waals surface area contributed by atoms with E-state index < -0.39 is 0 Å². The van der Waals surface area contributed by atoms with E-state index in [-0.39, 0.29) is 12.0 Å². The SMILES string of the molecule is NC1C2CCC(C2)C1C(=O)Cc1ccnc2ccccc12. The van der Waals surface area contributed by atoms with E-state index in [0.29, 0.717) is 24.0 Å². The number of carbonyl (C=O) groups is 1. The predicted octanol–water partition coefficient (Wildman–Crippen LogP) is 2.72. The molecule has 3 heteroatoms. The summed E-state index contributed by atoms with van der Waals surface area (Å²) in [5.41, 5.74) is 8.34. The van der Waals surface area contributed by atoms with Crippen molar-refractivity contribution in [2.45, 2.75) is 31.7 Å². The fourth-order valence-electron chi connectivity index (χ4n) is 4.43. The van der Waals surface area contributed by atoms with E-state index in [1.54, 1.807) is 6.20 Å². The van der Waals surface area contributed by atoms with Crippen LogP contribution in [0.2, 0.25) is 0 Å². The second-order valence-electron chi connectivity index (χ2n) is 6.57. The Hall–Kier alpha value is -1.74. The van der Waals surface area contributed by atoms with Crippen molar-refractivity contribution in [3.63, 3.8) is 0 Å². The first-order valence-electron chi connectivity index (χ1n) is 7.85. The monoisotopic (exact) mass is 280 g/mol. The molecule has 2 aliphatic carbocycles. The van der Waals surface area contributed by atoms with E-state index in [1.165, 1.54) is 12.8 Å². The second kappa shape index (κ2) is 4.92. The molecule has 0 aliphatic heterocycles. The standard InChI is InChI=1S/C18H20N2O/c19-18-13-6-5-12(9-13)17(18)16(21)10-11-7-8-20-15-4-2-1-3-14(11)15/h1-4,7-8,12-13,17-18H,5-6,9-10,19H2. The molecule has 2 N–H and O–H groups in total. The van der Waals surface area contributed by atoms with Crippen LogP contribution in [0.5, 0.6) is 0 Å². The molecule has 2 aromatic rings. The third-order valence-corrected chi connectivity index (χ3v) is 5.46. The van der Waals surface area contributed by atoms with E-state index in [9.17, 15) is 4.79 Å². The summed E-state index contributed by atoms with van der Waals surface area (Å²) in [7, 11) is 0. The van der Waals surface area contributed by atoms with Crippen LogP contribution in [0.1, 0.15) is 24.8 Å². The lowest BCUT2D eigenvalue weighted by atomic mass is 9.80. The van der Waals surface area contributed by atoms with Crippen molar-refractivity contribution in [1.29, 1.82) is 0 Å². The van der Waals surface area contributed by atoms with Crippen molar-refractivity contribution in [3.05, 3.63) is 42.1 Å². The lowest BCUT2D eigenvalue weighted by Gasteiger charge is -2.27. The van der Waals surface area contributed by atoms with Gasteiger partial charge in [-0.05, 0) is 48.8 Å². The maximum atomic E-state index is 12.8. The first-order valence-corrected chi connectivity index (χ1v) is 7.85. The van der Waals surface area contributed by atoms with Crippen LogP contribution in [0, 0.1) is 17.8 Å². The number of rotatable bonds is 3. The van der Waals surface area contributed by atoms with E-state index in [1.807, 2.05) is 30.3 Å². The summed E-state index contributed by atoms with van der Waals surface area (Å²) >= 11 is 0. The summed E-state index contributed by atoms with van der Waals surface area (Å²) < 4.78 is 0. The number of fused-ring (bicyclic) bond motifs is 3. The van der Waals surface area contributed by atoms with Gasteiger partial charge in [-0.2, -0.15) is 0 Å². The van der Waals surface area contributed by atoms with Crippen molar-refractivity contribution in [2.75, 3.05) is 0 Å². The van der Waals surface area contributed by atoms with Crippen LogP contribution in [0.4, 0.5) is 0 Å². The molecule has 2 fully saturated rings. The third kappa shape index (κ3) is 2.07. The smallest absolute Gasteiger partial charge is 0.142 e. The molecule has 0 radical (unpaired) electrons. The Labute approximate surface area is 124 Å². The highest BCUT2D eigenvalue weighted by Gasteiger charge is 2.48. The minimum absolute atomic E-state index is 0.0793. The summed E-state index contributed by atoms with van der Waals surface area (Å²) in [6.45, 7) is 0. The van der Waals surface area contributed by atoms with Gasteiger partial charge in [-0.3, -0.25) is 9.78 Å². The molecule has 108 valence electrons. The van der Waals surface area contributed by atoms with Gasteiger partial charge in [-0.1, -0.05) is 18.2 Å². The van der Waals surface area contributed by atoms with Crippen LogP contribution in [-0.4, -0.2) is 16.8 Å². The van der Waals surface area contributed by atoms with E-state index in [4.69, 9.17) is 5.73 Å². The molecule has 2 bridgehead atoms. The van der Waals surface area contributed by atoms with E-state index in [2.05, 4.69) is 4.98 Å². The predicted molar refractivity (Wildman–Crippen MR) is 82.8 cm³/mol. The van der Waals surface area contributed by atoms with Gasteiger partial charge in [0, 0.05) is 30.0 Å². The number of carbonyl (C=O) groups excluding carboxylic acids is 1. The topological polar surface area (TPSA) is 56.0 Å². The molecular formula is C18H20N2O. The van der Waals surface area contributed by atoms with E-state index >= 15 is 0 Å². The first kappa shape index (κ1) is 13.0. The molecule has 2 aliphatic rings. The number of hydrogen-bond acceptors (Lipinski definition) is 3. The van der Waals surface area contributed by atoms with Gasteiger partial charge in [0.2, 0.25) is 0 Å². The number of Topliss-reactive ketones (excluding diaryl/α,β-unsaturated/α-hetero) is 1. The normalized spacial score (nSPS) is 30.9. The average molecular weight is 280 g/mol. The minimum atomic E-state index is 0.0793. The highest BCUT2D eigenvalue weighted by atomic mass is 16.1. The average Bonchev–Trinajstić information content (AvgIpc) is 3.08. The first-order chi connectivity index (χ1) is 10.2. The summed E-state index contributed by atoms with van der Waals surface area (Å²) in [6, 6.07) is 10.1. The Morgan fingerprint density at radius 1 is 1.19 bits per heavy atom. The van der Waals surface area contributed by atoms with Crippen LogP contribution in [0.15, 0.2) is 36.5 Å². The number of hydrogen-bond donors (Lipinski definition) is 1. The van der Waals surface area contributed by atoms with Crippen LogP contribution >= 0.6 is 0 Å². The number of pyridine rings is 1. The molecule has 2 saturated carbocycles. The zero-order valence-corrected chi connectivity index (χ0v) is 12.0. The second-order valence-corrected chi connectivity index (χ2v) is 6.57. The van der Waals surface area contributed by atoms with Gasteiger partial charge >= 0.3 is 0 Å². The van der Waals surface area contributed by atoms with Gasteiger partial charge in [-0.25, -0.2) is 0 Å². The largest absolute Gasteiger partial charge is 0.327 e. The lowest BCUT2D eigenvalue weighted by molar-refractivity contribution is -0.124. The minimum Gasteiger partial charge on any atom is -0.327 e. The Kier molecular flexibility index (Phi) is 3.03. The number of ketones is 1. The van der Waals surface area contributed by atoms with Crippen molar-refractivity contribution >= 4 is 16.7 Å². The Morgan fingerprint density at radius 3 is 2.81 bits per heavy atom. The Morgan fingerprint density at radius 2 is 2.00 bits per heavy atom. The Bertz CT molecular complexity index is 689. The van der Waals surface area contributed by atoms with Crippen molar-refractivity contribution in [1.82, 2.24) is 4.98 Å². The van der Waals surface area contributed by atoms with Crippen LogP contribution < -0.4 is 5.73 Å². The fraction of sp³-hybridized carbons (Fsp3) is 0.444. The van der Waals surface area contributed by atoms with Crippen LogP contribution in [0.3, 0.4) is 0 Å². The summed E-state index contributed by atoms with van der Waals surface area (Å²) in [5.74, 6) is 1.52. The Balaban J connectivity index is 1.62. The van der Waals surface area contributed by atoms with Gasteiger partial charge in [0.05, 0.1) is 5.52 Å². The molecular weight excluding hydrogens is 260 g/mol. The quantitative estimate of drug-likeness (QED) is 0.940. The molecule has 1 aromatic heterocycles. The summed E-state index contributed by atoms with van der Waals surface area (Å²) in [5, 5.41) is 1.09. The molecule has 3 nitrogen and oxygen atoms in total. The molecule has 0 saturated heterocycles. The van der Waals surface area contributed by atoms with Gasteiger partial charge in [0.15, 0.2) is 0 Å². The molecule has 4 unspecified atom stereocenters.